The van der Waals surface area contributed by atoms with Gasteiger partial charge in [0.1, 0.15) is 0 Å². The molecular weight excluding hydrogens is 361 g/mol. The van der Waals surface area contributed by atoms with Crippen LogP contribution in [0.5, 0.6) is 0 Å². The molecule has 1 aromatic carbocycles. The molecule has 0 aromatic heterocycles. The van der Waals surface area contributed by atoms with Gasteiger partial charge >= 0.3 is 6.18 Å². The summed E-state index contributed by atoms with van der Waals surface area (Å²) in [5.41, 5.74) is -0.0480. The van der Waals surface area contributed by atoms with Crippen LogP contribution in [0.4, 0.5) is 13.2 Å². The summed E-state index contributed by atoms with van der Waals surface area (Å²) in [6, 6.07) is 4.87. The van der Waals surface area contributed by atoms with E-state index in [2.05, 4.69) is 4.90 Å². The molecule has 2 aliphatic rings. The Morgan fingerprint density at radius 2 is 1.67 bits per heavy atom. The maximum Gasteiger partial charge on any atom is 0.416 e. The second-order valence-corrected chi connectivity index (χ2v) is 6.96. The van der Waals surface area contributed by atoms with Gasteiger partial charge in [-0.1, -0.05) is 18.6 Å². The summed E-state index contributed by atoms with van der Waals surface area (Å²) >= 11 is 0. The minimum Gasteiger partial charge on any atom is -0.483 e. The largest absolute Gasteiger partial charge is 0.483 e. The molecule has 1 saturated carbocycles. The molecule has 0 atom stereocenters. The zero-order chi connectivity index (χ0) is 19.9. The fraction of sp³-hybridized carbons (Fsp3) is 0.579. The van der Waals surface area contributed by atoms with E-state index in [1.807, 2.05) is 4.90 Å². The molecule has 0 bridgehead atoms. The molecule has 3 rings (SSSR count). The van der Waals surface area contributed by atoms with Crippen LogP contribution in [0.2, 0.25) is 0 Å². The first-order valence-electron chi connectivity index (χ1n) is 9.07. The van der Waals surface area contributed by atoms with E-state index in [4.69, 9.17) is 9.90 Å². The number of piperazine rings is 1. The van der Waals surface area contributed by atoms with Gasteiger partial charge in [-0.2, -0.15) is 13.2 Å². The summed E-state index contributed by atoms with van der Waals surface area (Å²) < 4.78 is 37.6. The van der Waals surface area contributed by atoms with Crippen LogP contribution >= 0.6 is 0 Å². The van der Waals surface area contributed by atoms with Gasteiger partial charge < -0.3 is 10.0 Å². The van der Waals surface area contributed by atoms with E-state index >= 15 is 0 Å². The molecular formula is C19H25F3N2O3. The van der Waals surface area contributed by atoms with Crippen LogP contribution in [0.1, 0.15) is 30.4 Å². The van der Waals surface area contributed by atoms with Gasteiger partial charge in [0.25, 0.3) is 6.47 Å². The predicted molar refractivity (Wildman–Crippen MR) is 94.2 cm³/mol. The van der Waals surface area contributed by atoms with E-state index in [1.165, 1.54) is 31.4 Å². The summed E-state index contributed by atoms with van der Waals surface area (Å²) in [6.07, 6.45) is -0.170. The fourth-order valence-electron chi connectivity index (χ4n) is 3.32. The summed E-state index contributed by atoms with van der Waals surface area (Å²) in [7, 11) is 0. The SMILES string of the molecule is O=C(Cc1ccc(C(F)(F)F)cc1)N1CCN(CC2CCC2)CC1.O=CO. The van der Waals surface area contributed by atoms with Crippen molar-refractivity contribution in [3.63, 3.8) is 0 Å². The molecule has 1 aliphatic carbocycles. The van der Waals surface area contributed by atoms with Crippen LogP contribution in [0.25, 0.3) is 0 Å². The number of carbonyl (C=O) groups excluding carboxylic acids is 1. The van der Waals surface area contributed by atoms with Gasteiger partial charge in [-0.15, -0.1) is 0 Å². The summed E-state index contributed by atoms with van der Waals surface area (Å²) in [5.74, 6) is 0.831. The number of rotatable bonds is 4. The second-order valence-electron chi connectivity index (χ2n) is 6.96. The van der Waals surface area contributed by atoms with Gasteiger partial charge in [-0.25, -0.2) is 0 Å². The van der Waals surface area contributed by atoms with Gasteiger partial charge in [0.2, 0.25) is 5.91 Å². The number of hydrogen-bond donors (Lipinski definition) is 1. The zero-order valence-corrected chi connectivity index (χ0v) is 15.1. The number of hydrogen-bond acceptors (Lipinski definition) is 3. The predicted octanol–water partition coefficient (Wildman–Crippen LogP) is 2.89. The van der Waals surface area contributed by atoms with Crippen molar-refractivity contribution in [2.45, 2.75) is 31.9 Å². The monoisotopic (exact) mass is 386 g/mol. The van der Waals surface area contributed by atoms with E-state index < -0.39 is 11.7 Å². The van der Waals surface area contributed by atoms with Crippen molar-refractivity contribution >= 4 is 12.4 Å². The van der Waals surface area contributed by atoms with Crippen molar-refractivity contribution in [2.24, 2.45) is 5.92 Å². The number of carboxylic acid groups (broad SMARTS) is 1. The first-order valence-corrected chi connectivity index (χ1v) is 9.07. The van der Waals surface area contributed by atoms with Gasteiger partial charge in [0, 0.05) is 32.7 Å². The van der Waals surface area contributed by atoms with Crippen LogP contribution in [-0.4, -0.2) is 60.0 Å². The molecule has 0 unspecified atom stereocenters. The third-order valence-electron chi connectivity index (χ3n) is 5.10. The standard InChI is InChI=1S/C18H23F3N2O.CH2O2/c19-18(20,21)16-6-4-14(5-7-16)12-17(24)23-10-8-22(9-11-23)13-15-2-1-3-15;2-1-3/h4-7,15H,1-3,8-13H2;1H,(H,2,3). The molecule has 0 radical (unpaired) electrons. The van der Waals surface area contributed by atoms with Crippen molar-refractivity contribution in [1.29, 1.82) is 0 Å². The Balaban J connectivity index is 0.000000817. The highest BCUT2D eigenvalue weighted by Crippen LogP contribution is 2.29. The Morgan fingerprint density at radius 1 is 1.11 bits per heavy atom. The average Bonchev–Trinajstić information content (AvgIpc) is 2.59. The lowest BCUT2D eigenvalue weighted by Crippen LogP contribution is -2.50. The number of amides is 1. The third kappa shape index (κ3) is 6.53. The summed E-state index contributed by atoms with van der Waals surface area (Å²) in [4.78, 5) is 24.9. The highest BCUT2D eigenvalue weighted by Gasteiger charge is 2.30. The number of halogens is 3. The Bertz CT molecular complexity index is 608. The molecule has 5 nitrogen and oxygen atoms in total. The van der Waals surface area contributed by atoms with Crippen molar-refractivity contribution in [1.82, 2.24) is 9.80 Å². The van der Waals surface area contributed by atoms with Gasteiger partial charge in [-0.3, -0.25) is 14.5 Å². The van der Waals surface area contributed by atoms with E-state index in [1.54, 1.807) is 0 Å². The molecule has 2 fully saturated rings. The number of alkyl halides is 3. The molecule has 0 spiro atoms. The smallest absolute Gasteiger partial charge is 0.416 e. The number of nitrogens with zero attached hydrogens (tertiary/aromatic N) is 2. The van der Waals surface area contributed by atoms with Crippen LogP contribution < -0.4 is 0 Å². The van der Waals surface area contributed by atoms with Crippen LogP contribution in [0.3, 0.4) is 0 Å². The van der Waals surface area contributed by atoms with E-state index in [0.29, 0.717) is 18.7 Å². The molecule has 1 N–H and O–H groups in total. The Labute approximate surface area is 156 Å². The lowest BCUT2D eigenvalue weighted by Gasteiger charge is -2.38. The highest BCUT2D eigenvalue weighted by molar-refractivity contribution is 5.78. The molecule has 150 valence electrons. The van der Waals surface area contributed by atoms with E-state index in [9.17, 15) is 18.0 Å². The topological polar surface area (TPSA) is 60.9 Å². The number of carbonyl (C=O) groups is 2. The Kier molecular flexibility index (Phi) is 7.65. The van der Waals surface area contributed by atoms with Crippen molar-refractivity contribution in [3.05, 3.63) is 35.4 Å². The molecule has 8 heteroatoms. The van der Waals surface area contributed by atoms with Crippen molar-refractivity contribution in [3.8, 4) is 0 Å². The van der Waals surface area contributed by atoms with E-state index in [0.717, 1.165) is 37.7 Å². The fourth-order valence-corrected chi connectivity index (χ4v) is 3.32. The van der Waals surface area contributed by atoms with Crippen LogP contribution in [0, 0.1) is 5.92 Å². The third-order valence-corrected chi connectivity index (χ3v) is 5.10. The van der Waals surface area contributed by atoms with E-state index in [-0.39, 0.29) is 18.8 Å². The Morgan fingerprint density at radius 3 is 2.11 bits per heavy atom. The van der Waals surface area contributed by atoms with Gasteiger partial charge in [0.15, 0.2) is 0 Å². The van der Waals surface area contributed by atoms with Gasteiger partial charge in [-0.05, 0) is 36.5 Å². The maximum absolute atomic E-state index is 12.5. The highest BCUT2D eigenvalue weighted by atomic mass is 19.4. The molecule has 1 saturated heterocycles. The normalized spacial score (nSPS) is 18.3. The lowest BCUT2D eigenvalue weighted by atomic mass is 9.85. The minimum absolute atomic E-state index is 0.00180. The number of benzene rings is 1. The molecule has 1 amide bonds. The Hall–Kier alpha value is -2.09. The first-order chi connectivity index (χ1) is 12.8. The van der Waals surface area contributed by atoms with Crippen LogP contribution in [-0.2, 0) is 22.2 Å². The minimum atomic E-state index is -4.33. The second kappa shape index (κ2) is 9.73. The molecule has 27 heavy (non-hydrogen) atoms. The molecule has 1 aliphatic heterocycles. The molecule has 1 heterocycles. The maximum atomic E-state index is 12.5. The lowest BCUT2D eigenvalue weighted by molar-refractivity contribution is -0.137. The van der Waals surface area contributed by atoms with Crippen LogP contribution in [0.15, 0.2) is 24.3 Å². The molecule has 1 aromatic rings. The average molecular weight is 386 g/mol. The summed E-state index contributed by atoms with van der Waals surface area (Å²) in [6.45, 7) is 4.11. The van der Waals surface area contributed by atoms with Crippen molar-refractivity contribution < 1.29 is 27.9 Å². The van der Waals surface area contributed by atoms with Gasteiger partial charge in [0.05, 0.1) is 12.0 Å². The zero-order valence-electron chi connectivity index (χ0n) is 15.1. The summed E-state index contributed by atoms with van der Waals surface area (Å²) in [5, 5.41) is 6.89. The van der Waals surface area contributed by atoms with Crippen molar-refractivity contribution in [2.75, 3.05) is 32.7 Å². The first kappa shape index (κ1) is 21.2. The quantitative estimate of drug-likeness (QED) is 0.809.